The van der Waals surface area contributed by atoms with E-state index >= 15 is 0 Å². The quantitative estimate of drug-likeness (QED) is 0.727. The van der Waals surface area contributed by atoms with Crippen LogP contribution < -0.4 is 15.4 Å². The first-order valence-corrected chi connectivity index (χ1v) is 10.5. The van der Waals surface area contributed by atoms with Gasteiger partial charge in [0.2, 0.25) is 0 Å². The Morgan fingerprint density at radius 1 is 1.30 bits per heavy atom. The van der Waals surface area contributed by atoms with Crippen molar-refractivity contribution in [1.29, 1.82) is 0 Å². The summed E-state index contributed by atoms with van der Waals surface area (Å²) in [7, 11) is -1.37. The van der Waals surface area contributed by atoms with Gasteiger partial charge in [0.05, 0.1) is 18.6 Å². The minimum Gasteiger partial charge on any atom is -0.497 e. The molecule has 0 radical (unpaired) electrons. The Kier molecular flexibility index (Phi) is 5.90. The molecule has 1 aromatic heterocycles. The highest BCUT2D eigenvalue weighted by Gasteiger charge is 2.28. The Bertz CT molecular complexity index is 917. The van der Waals surface area contributed by atoms with Gasteiger partial charge in [0.25, 0.3) is 5.91 Å². The molecule has 1 aliphatic heterocycles. The number of benzene rings is 1. The smallest absolute Gasteiger partial charge is 0.270 e. The molecule has 8 nitrogen and oxygen atoms in total. The second kappa shape index (κ2) is 8.34. The standard InChI is InChI=1S/C18H22N4O4S/c1-26-15-4-2-3-13(9-15)5-7-19-18(23)16-10-17(21-12-20-16)22-14-6-8-27(24,25)11-14/h2-4,9-10,12,14H,5-8,11H2,1H3,(H,19,23)(H,20,21,22). The molecule has 0 bridgehead atoms. The van der Waals surface area contributed by atoms with E-state index in [-0.39, 0.29) is 29.1 Å². The van der Waals surface area contributed by atoms with Gasteiger partial charge in [-0.2, -0.15) is 0 Å². The molecule has 0 spiro atoms. The van der Waals surface area contributed by atoms with E-state index in [4.69, 9.17) is 4.74 Å². The molecule has 1 aromatic carbocycles. The van der Waals surface area contributed by atoms with Gasteiger partial charge in [-0.3, -0.25) is 4.79 Å². The third-order valence-corrected chi connectivity index (χ3v) is 6.09. The van der Waals surface area contributed by atoms with Crippen molar-refractivity contribution >= 4 is 21.6 Å². The Morgan fingerprint density at radius 3 is 2.89 bits per heavy atom. The summed E-state index contributed by atoms with van der Waals surface area (Å²) < 4.78 is 28.3. The monoisotopic (exact) mass is 390 g/mol. The van der Waals surface area contributed by atoms with Crippen LogP contribution in [0.1, 0.15) is 22.5 Å². The first-order valence-electron chi connectivity index (χ1n) is 8.65. The fourth-order valence-electron chi connectivity index (χ4n) is 2.92. The average Bonchev–Trinajstić information content (AvgIpc) is 3.00. The maximum absolute atomic E-state index is 12.3. The minimum atomic E-state index is -2.98. The van der Waals surface area contributed by atoms with E-state index in [0.29, 0.717) is 25.2 Å². The summed E-state index contributed by atoms with van der Waals surface area (Å²) in [6, 6.07) is 9.01. The summed E-state index contributed by atoms with van der Waals surface area (Å²) in [6.45, 7) is 0.458. The van der Waals surface area contributed by atoms with E-state index in [1.165, 1.54) is 12.4 Å². The van der Waals surface area contributed by atoms with Crippen LogP contribution >= 0.6 is 0 Å². The van der Waals surface area contributed by atoms with Crippen LogP contribution in [0.25, 0.3) is 0 Å². The Labute approximate surface area is 158 Å². The second-order valence-corrected chi connectivity index (χ2v) is 8.62. The van der Waals surface area contributed by atoms with E-state index < -0.39 is 9.84 Å². The van der Waals surface area contributed by atoms with Gasteiger partial charge in [0, 0.05) is 18.7 Å². The van der Waals surface area contributed by atoms with Gasteiger partial charge >= 0.3 is 0 Å². The Morgan fingerprint density at radius 2 is 2.15 bits per heavy atom. The largest absolute Gasteiger partial charge is 0.497 e. The number of ether oxygens (including phenoxy) is 1. The predicted molar refractivity (Wildman–Crippen MR) is 102 cm³/mol. The number of methoxy groups -OCH3 is 1. The highest BCUT2D eigenvalue weighted by atomic mass is 32.2. The van der Waals surface area contributed by atoms with Gasteiger partial charge in [-0.05, 0) is 30.5 Å². The van der Waals surface area contributed by atoms with Crippen LogP contribution in [0, 0.1) is 0 Å². The number of rotatable bonds is 7. The molecule has 3 rings (SSSR count). The zero-order chi connectivity index (χ0) is 19.3. The van der Waals surface area contributed by atoms with Crippen LogP contribution in [0.15, 0.2) is 36.7 Å². The summed E-state index contributed by atoms with van der Waals surface area (Å²) in [4.78, 5) is 20.4. The number of sulfone groups is 1. The van der Waals surface area contributed by atoms with Crippen molar-refractivity contribution in [2.75, 3.05) is 30.5 Å². The number of carbonyl (C=O) groups is 1. The lowest BCUT2D eigenvalue weighted by Gasteiger charge is -2.12. The average molecular weight is 390 g/mol. The topological polar surface area (TPSA) is 110 Å². The molecule has 0 saturated carbocycles. The van der Waals surface area contributed by atoms with Gasteiger partial charge in [-0.1, -0.05) is 12.1 Å². The van der Waals surface area contributed by atoms with E-state index in [9.17, 15) is 13.2 Å². The summed E-state index contributed by atoms with van der Waals surface area (Å²) in [5.41, 5.74) is 1.29. The maximum Gasteiger partial charge on any atom is 0.270 e. The molecular formula is C18H22N4O4S. The summed E-state index contributed by atoms with van der Waals surface area (Å²) in [5, 5.41) is 5.89. The Hall–Kier alpha value is -2.68. The minimum absolute atomic E-state index is 0.0824. The molecule has 1 fully saturated rings. The van der Waals surface area contributed by atoms with Crippen molar-refractivity contribution < 1.29 is 17.9 Å². The van der Waals surface area contributed by atoms with Crippen LogP contribution in [0.5, 0.6) is 5.75 Å². The zero-order valence-electron chi connectivity index (χ0n) is 15.0. The van der Waals surface area contributed by atoms with E-state index in [0.717, 1.165) is 11.3 Å². The van der Waals surface area contributed by atoms with E-state index in [1.54, 1.807) is 7.11 Å². The number of amides is 1. The predicted octanol–water partition coefficient (Wildman–Crippen LogP) is 1.06. The molecule has 2 aromatic rings. The van der Waals surface area contributed by atoms with Crippen LogP contribution in [-0.2, 0) is 16.3 Å². The molecule has 27 heavy (non-hydrogen) atoms. The summed E-state index contributed by atoms with van der Waals surface area (Å²) in [5.74, 6) is 1.18. The number of nitrogens with zero attached hydrogens (tertiary/aromatic N) is 2. The lowest BCUT2D eigenvalue weighted by atomic mass is 10.1. The van der Waals surface area contributed by atoms with Crippen LogP contribution in [0.3, 0.4) is 0 Å². The number of hydrogen-bond donors (Lipinski definition) is 2. The van der Waals surface area contributed by atoms with E-state index in [2.05, 4.69) is 20.6 Å². The number of carbonyl (C=O) groups excluding carboxylic acids is 1. The molecular weight excluding hydrogens is 368 g/mol. The summed E-state index contributed by atoms with van der Waals surface area (Å²) in [6.07, 6.45) is 2.50. The molecule has 2 heterocycles. The third kappa shape index (κ3) is 5.40. The third-order valence-electron chi connectivity index (χ3n) is 4.32. The fraction of sp³-hybridized carbons (Fsp3) is 0.389. The van der Waals surface area contributed by atoms with Crippen molar-refractivity contribution in [3.8, 4) is 5.75 Å². The molecule has 1 saturated heterocycles. The van der Waals surface area contributed by atoms with Gasteiger partial charge in [0.1, 0.15) is 23.6 Å². The van der Waals surface area contributed by atoms with Crippen molar-refractivity contribution in [2.24, 2.45) is 0 Å². The molecule has 144 valence electrons. The van der Waals surface area contributed by atoms with E-state index in [1.807, 2.05) is 24.3 Å². The molecule has 1 aliphatic rings. The number of aromatic nitrogens is 2. The van der Waals surface area contributed by atoms with Crippen molar-refractivity contribution in [3.63, 3.8) is 0 Å². The highest BCUT2D eigenvalue weighted by Crippen LogP contribution is 2.16. The zero-order valence-corrected chi connectivity index (χ0v) is 15.8. The molecule has 1 atom stereocenters. The first-order chi connectivity index (χ1) is 12.9. The molecule has 1 unspecified atom stereocenters. The number of nitrogens with one attached hydrogen (secondary N) is 2. The molecule has 0 aliphatic carbocycles. The molecule has 2 N–H and O–H groups in total. The number of anilines is 1. The van der Waals surface area contributed by atoms with Gasteiger partial charge < -0.3 is 15.4 Å². The highest BCUT2D eigenvalue weighted by molar-refractivity contribution is 7.91. The number of hydrogen-bond acceptors (Lipinski definition) is 7. The maximum atomic E-state index is 12.3. The van der Waals surface area contributed by atoms with Gasteiger partial charge in [0.15, 0.2) is 9.84 Å². The van der Waals surface area contributed by atoms with Gasteiger partial charge in [-0.15, -0.1) is 0 Å². The molecule has 9 heteroatoms. The van der Waals surface area contributed by atoms with Crippen molar-refractivity contribution in [3.05, 3.63) is 47.9 Å². The van der Waals surface area contributed by atoms with Crippen molar-refractivity contribution in [2.45, 2.75) is 18.9 Å². The SMILES string of the molecule is COc1cccc(CCNC(=O)c2cc(NC3CCS(=O)(=O)C3)ncn2)c1. The van der Waals surface area contributed by atoms with Gasteiger partial charge in [-0.25, -0.2) is 18.4 Å². The second-order valence-electron chi connectivity index (χ2n) is 6.39. The molecule has 1 amide bonds. The first kappa shape index (κ1) is 19.1. The normalized spacial score (nSPS) is 18.0. The lowest BCUT2D eigenvalue weighted by molar-refractivity contribution is 0.0949. The van der Waals surface area contributed by atoms with Crippen LogP contribution in [0.4, 0.5) is 5.82 Å². The van der Waals surface area contributed by atoms with Crippen molar-refractivity contribution in [1.82, 2.24) is 15.3 Å². The lowest BCUT2D eigenvalue weighted by Crippen LogP contribution is -2.27. The fourth-order valence-corrected chi connectivity index (χ4v) is 4.59. The Balaban J connectivity index is 1.54. The van der Waals surface area contributed by atoms with Crippen LogP contribution in [-0.4, -0.2) is 55.5 Å². The summed E-state index contributed by atoms with van der Waals surface area (Å²) >= 11 is 0. The van der Waals surface area contributed by atoms with Crippen LogP contribution in [0.2, 0.25) is 0 Å².